The first kappa shape index (κ1) is 14.4. The number of hydrogen-bond acceptors (Lipinski definition) is 6. The van der Waals surface area contributed by atoms with Gasteiger partial charge in [0.05, 0.1) is 6.54 Å². The summed E-state index contributed by atoms with van der Waals surface area (Å²) in [5.74, 6) is -0.900. The lowest BCUT2D eigenvalue weighted by molar-refractivity contribution is -0.115. The van der Waals surface area contributed by atoms with E-state index in [4.69, 9.17) is 5.11 Å². The Morgan fingerprint density at radius 2 is 1.95 bits per heavy atom. The number of pyridine rings is 1. The summed E-state index contributed by atoms with van der Waals surface area (Å²) in [6.07, 6.45) is 3.16. The third-order valence-corrected chi connectivity index (χ3v) is 2.51. The monoisotopic (exact) mass is 287 g/mol. The van der Waals surface area contributed by atoms with Crippen LogP contribution in [0, 0.1) is 0 Å². The van der Waals surface area contributed by atoms with Crippen LogP contribution in [0.25, 0.3) is 0 Å². The number of aromatic carboxylic acids is 1. The van der Waals surface area contributed by atoms with Gasteiger partial charge in [0, 0.05) is 19.4 Å². The molecular formula is C13H13N5O3. The van der Waals surface area contributed by atoms with Crippen LogP contribution in [0.2, 0.25) is 0 Å². The molecule has 0 saturated heterocycles. The standard InChI is InChI=1S/C13H13N5O3/c1-18(13-14-6-3-7-15-13)8-11(19)17-10-5-2-4-9(16-10)12(20)21/h2-7H,8H2,1H3,(H,20,21)(H,16,17,19). The van der Waals surface area contributed by atoms with Crippen LogP contribution in [0.1, 0.15) is 10.5 Å². The molecule has 2 heterocycles. The summed E-state index contributed by atoms with van der Waals surface area (Å²) < 4.78 is 0. The van der Waals surface area contributed by atoms with Gasteiger partial charge in [-0.2, -0.15) is 0 Å². The second kappa shape index (κ2) is 6.42. The number of carboxylic acid groups (broad SMARTS) is 1. The van der Waals surface area contributed by atoms with Gasteiger partial charge in [0.15, 0.2) is 5.69 Å². The van der Waals surface area contributed by atoms with Crippen molar-refractivity contribution >= 4 is 23.6 Å². The number of likely N-dealkylation sites (N-methyl/N-ethyl adjacent to an activating group) is 1. The van der Waals surface area contributed by atoms with Gasteiger partial charge in [-0.1, -0.05) is 6.07 Å². The zero-order chi connectivity index (χ0) is 15.2. The lowest BCUT2D eigenvalue weighted by Gasteiger charge is -2.15. The SMILES string of the molecule is CN(CC(=O)Nc1cccc(C(=O)O)n1)c1ncccn1. The van der Waals surface area contributed by atoms with Crippen LogP contribution in [0.3, 0.4) is 0 Å². The lowest BCUT2D eigenvalue weighted by atomic mass is 10.3. The van der Waals surface area contributed by atoms with Gasteiger partial charge in [0.1, 0.15) is 5.82 Å². The highest BCUT2D eigenvalue weighted by Crippen LogP contribution is 2.06. The number of nitrogens with one attached hydrogen (secondary N) is 1. The Bertz CT molecular complexity index is 647. The van der Waals surface area contributed by atoms with Crippen molar-refractivity contribution in [3.63, 3.8) is 0 Å². The molecule has 0 bridgehead atoms. The predicted octanol–water partition coefficient (Wildman–Crippen LogP) is 0.645. The fraction of sp³-hybridized carbons (Fsp3) is 0.154. The number of rotatable bonds is 5. The molecule has 2 aromatic rings. The zero-order valence-electron chi connectivity index (χ0n) is 11.2. The molecule has 0 atom stereocenters. The van der Waals surface area contributed by atoms with Gasteiger partial charge in [-0.25, -0.2) is 19.7 Å². The van der Waals surface area contributed by atoms with Gasteiger partial charge in [0.2, 0.25) is 11.9 Å². The molecule has 21 heavy (non-hydrogen) atoms. The van der Waals surface area contributed by atoms with Crippen LogP contribution in [0.5, 0.6) is 0 Å². The Balaban J connectivity index is 1.99. The fourth-order valence-corrected chi connectivity index (χ4v) is 1.58. The normalized spacial score (nSPS) is 9.95. The van der Waals surface area contributed by atoms with Crippen molar-refractivity contribution in [1.29, 1.82) is 0 Å². The average Bonchev–Trinajstić information content (AvgIpc) is 2.48. The molecule has 1 amide bonds. The van der Waals surface area contributed by atoms with Crippen molar-refractivity contribution < 1.29 is 14.7 Å². The smallest absolute Gasteiger partial charge is 0.354 e. The van der Waals surface area contributed by atoms with Gasteiger partial charge < -0.3 is 15.3 Å². The number of nitrogens with zero attached hydrogens (tertiary/aromatic N) is 4. The van der Waals surface area contributed by atoms with Gasteiger partial charge in [0.25, 0.3) is 0 Å². The van der Waals surface area contributed by atoms with Crippen molar-refractivity contribution in [1.82, 2.24) is 15.0 Å². The highest BCUT2D eigenvalue weighted by Gasteiger charge is 2.11. The van der Waals surface area contributed by atoms with Crippen LogP contribution in [0.15, 0.2) is 36.7 Å². The molecule has 0 fully saturated rings. The second-order valence-electron chi connectivity index (χ2n) is 4.17. The van der Waals surface area contributed by atoms with E-state index < -0.39 is 5.97 Å². The van der Waals surface area contributed by atoms with Crippen LogP contribution >= 0.6 is 0 Å². The van der Waals surface area contributed by atoms with E-state index in [1.165, 1.54) is 18.2 Å². The molecule has 2 N–H and O–H groups in total. The molecule has 0 aliphatic rings. The van der Waals surface area contributed by atoms with Crippen LogP contribution in [0.4, 0.5) is 11.8 Å². The van der Waals surface area contributed by atoms with E-state index in [0.717, 1.165) is 0 Å². The summed E-state index contributed by atoms with van der Waals surface area (Å²) in [5.41, 5.74) is -0.132. The number of carbonyl (C=O) groups excluding carboxylic acids is 1. The van der Waals surface area contributed by atoms with Gasteiger partial charge in [-0.3, -0.25) is 4.79 Å². The average molecular weight is 287 g/mol. The summed E-state index contributed by atoms with van der Waals surface area (Å²) >= 11 is 0. The molecule has 8 heteroatoms. The van der Waals surface area contributed by atoms with Gasteiger partial charge in [-0.05, 0) is 18.2 Å². The maximum absolute atomic E-state index is 11.9. The molecule has 2 aromatic heterocycles. The maximum Gasteiger partial charge on any atom is 0.354 e. The largest absolute Gasteiger partial charge is 0.477 e. The predicted molar refractivity (Wildman–Crippen MR) is 75.1 cm³/mol. The number of amides is 1. The van der Waals surface area contributed by atoms with Crippen molar-refractivity contribution in [2.24, 2.45) is 0 Å². The number of hydrogen-bond donors (Lipinski definition) is 2. The molecule has 0 radical (unpaired) electrons. The van der Waals surface area contributed by atoms with Gasteiger partial charge >= 0.3 is 5.97 Å². The topological polar surface area (TPSA) is 108 Å². The van der Waals surface area contributed by atoms with E-state index in [1.807, 2.05) is 0 Å². The van der Waals surface area contributed by atoms with E-state index in [0.29, 0.717) is 5.95 Å². The van der Waals surface area contributed by atoms with Crippen molar-refractivity contribution in [3.8, 4) is 0 Å². The lowest BCUT2D eigenvalue weighted by Crippen LogP contribution is -2.31. The minimum Gasteiger partial charge on any atom is -0.477 e. The zero-order valence-corrected chi connectivity index (χ0v) is 11.2. The van der Waals surface area contributed by atoms with E-state index in [9.17, 15) is 9.59 Å². The Hall–Kier alpha value is -3.03. The molecule has 0 spiro atoms. The van der Waals surface area contributed by atoms with Crippen molar-refractivity contribution in [2.75, 3.05) is 23.8 Å². The van der Waals surface area contributed by atoms with E-state index >= 15 is 0 Å². The molecule has 0 aliphatic heterocycles. The van der Waals surface area contributed by atoms with Crippen molar-refractivity contribution in [2.45, 2.75) is 0 Å². The third-order valence-electron chi connectivity index (χ3n) is 2.51. The van der Waals surface area contributed by atoms with Crippen molar-refractivity contribution in [3.05, 3.63) is 42.4 Å². The first-order chi connectivity index (χ1) is 10.1. The highest BCUT2D eigenvalue weighted by atomic mass is 16.4. The summed E-state index contributed by atoms with van der Waals surface area (Å²) in [4.78, 5) is 36.1. The number of carbonyl (C=O) groups is 2. The van der Waals surface area contributed by atoms with E-state index in [-0.39, 0.29) is 24.0 Å². The Morgan fingerprint density at radius 1 is 1.24 bits per heavy atom. The highest BCUT2D eigenvalue weighted by molar-refractivity contribution is 5.93. The Morgan fingerprint density at radius 3 is 2.62 bits per heavy atom. The first-order valence-corrected chi connectivity index (χ1v) is 6.04. The summed E-state index contributed by atoms with van der Waals surface area (Å²) in [7, 11) is 1.68. The molecular weight excluding hydrogens is 274 g/mol. The number of aromatic nitrogens is 3. The minimum atomic E-state index is -1.15. The van der Waals surface area contributed by atoms with Gasteiger partial charge in [-0.15, -0.1) is 0 Å². The summed E-state index contributed by atoms with van der Waals surface area (Å²) in [6, 6.07) is 6.06. The van der Waals surface area contributed by atoms with E-state index in [2.05, 4.69) is 20.3 Å². The molecule has 2 rings (SSSR count). The van der Waals surface area contributed by atoms with Crippen LogP contribution in [-0.4, -0.2) is 45.5 Å². The second-order valence-corrected chi connectivity index (χ2v) is 4.17. The first-order valence-electron chi connectivity index (χ1n) is 6.04. The molecule has 0 aliphatic carbocycles. The van der Waals surface area contributed by atoms with Crippen LogP contribution in [-0.2, 0) is 4.79 Å². The number of anilines is 2. The Kier molecular flexibility index (Phi) is 4.39. The maximum atomic E-state index is 11.9. The molecule has 0 aromatic carbocycles. The third kappa shape index (κ3) is 3.96. The molecule has 0 saturated carbocycles. The number of carboxylic acids is 1. The summed E-state index contributed by atoms with van der Waals surface area (Å²) in [6.45, 7) is 0.0169. The molecule has 108 valence electrons. The molecule has 8 nitrogen and oxygen atoms in total. The van der Waals surface area contributed by atoms with Crippen LogP contribution < -0.4 is 10.2 Å². The fourth-order valence-electron chi connectivity index (χ4n) is 1.58. The minimum absolute atomic E-state index is 0.0169. The van der Waals surface area contributed by atoms with E-state index in [1.54, 1.807) is 30.4 Å². The molecule has 0 unspecified atom stereocenters. The quantitative estimate of drug-likeness (QED) is 0.830. The summed E-state index contributed by atoms with van der Waals surface area (Å²) in [5, 5.41) is 11.4. The Labute approximate surface area is 120 Å².